The van der Waals surface area contributed by atoms with Gasteiger partial charge >= 0.3 is 0 Å². The fourth-order valence-electron chi connectivity index (χ4n) is 2.99. The van der Waals surface area contributed by atoms with Crippen LogP contribution in [0.15, 0.2) is 79.5 Å². The second-order valence-corrected chi connectivity index (χ2v) is 6.84. The van der Waals surface area contributed by atoms with Gasteiger partial charge in [0.1, 0.15) is 0 Å². The molecule has 0 saturated carbocycles. The Hall–Kier alpha value is -2.87. The number of nitrogens with zero attached hydrogens (tertiary/aromatic N) is 1. The quantitative estimate of drug-likeness (QED) is 0.664. The van der Waals surface area contributed by atoms with E-state index in [2.05, 4.69) is 92.2 Å². The summed E-state index contributed by atoms with van der Waals surface area (Å²) in [6, 6.07) is 22.9. The van der Waals surface area contributed by atoms with Gasteiger partial charge in [0, 0.05) is 17.5 Å². The van der Waals surface area contributed by atoms with Gasteiger partial charge in [0.25, 0.3) is 0 Å². The highest BCUT2D eigenvalue weighted by atomic mass is 15.0. The van der Waals surface area contributed by atoms with E-state index in [1.165, 1.54) is 11.1 Å². The Kier molecular flexibility index (Phi) is 4.71. The molecule has 1 aromatic heterocycles. The van der Waals surface area contributed by atoms with Crippen LogP contribution >= 0.6 is 0 Å². The first-order chi connectivity index (χ1) is 12.0. The number of benzene rings is 2. The summed E-state index contributed by atoms with van der Waals surface area (Å²) in [5.74, 6) is 0. The Balaban J connectivity index is 1.78. The maximum Gasteiger partial charge on any atom is 0.0731 e. The SMILES string of the molecule is C=C(NC(C)(C)c1ccccc1)c1ccc(-c2ncccc2C)cc1. The Morgan fingerprint density at radius 3 is 2.24 bits per heavy atom. The van der Waals surface area contributed by atoms with Crippen LogP contribution in [0.25, 0.3) is 17.0 Å². The summed E-state index contributed by atoms with van der Waals surface area (Å²) < 4.78 is 0. The number of pyridine rings is 1. The molecule has 0 bridgehead atoms. The van der Waals surface area contributed by atoms with Crippen molar-refractivity contribution in [1.29, 1.82) is 0 Å². The third kappa shape index (κ3) is 3.80. The summed E-state index contributed by atoms with van der Waals surface area (Å²) in [6.07, 6.45) is 1.83. The van der Waals surface area contributed by atoms with Gasteiger partial charge in [-0.05, 0) is 43.5 Å². The highest BCUT2D eigenvalue weighted by Crippen LogP contribution is 2.26. The highest BCUT2D eigenvalue weighted by molar-refractivity contribution is 5.68. The molecular formula is C23H24N2. The van der Waals surface area contributed by atoms with E-state index < -0.39 is 0 Å². The molecule has 0 saturated heterocycles. The summed E-state index contributed by atoms with van der Waals surface area (Å²) >= 11 is 0. The highest BCUT2D eigenvalue weighted by Gasteiger charge is 2.20. The van der Waals surface area contributed by atoms with E-state index in [4.69, 9.17) is 0 Å². The van der Waals surface area contributed by atoms with Crippen LogP contribution in [-0.2, 0) is 5.54 Å². The van der Waals surface area contributed by atoms with E-state index in [1.807, 2.05) is 18.3 Å². The monoisotopic (exact) mass is 328 g/mol. The fourth-order valence-corrected chi connectivity index (χ4v) is 2.99. The van der Waals surface area contributed by atoms with E-state index in [0.29, 0.717) is 0 Å². The molecule has 0 aliphatic carbocycles. The van der Waals surface area contributed by atoms with Crippen LogP contribution in [0.4, 0.5) is 0 Å². The largest absolute Gasteiger partial charge is 0.376 e. The molecule has 2 aromatic carbocycles. The second kappa shape index (κ2) is 6.94. The van der Waals surface area contributed by atoms with Crippen molar-refractivity contribution in [3.8, 4) is 11.3 Å². The molecule has 0 spiro atoms. The molecule has 2 nitrogen and oxygen atoms in total. The lowest BCUT2D eigenvalue weighted by Crippen LogP contribution is -2.34. The van der Waals surface area contributed by atoms with Gasteiger partial charge in [-0.15, -0.1) is 0 Å². The van der Waals surface area contributed by atoms with Crippen molar-refractivity contribution in [3.63, 3.8) is 0 Å². The van der Waals surface area contributed by atoms with Crippen molar-refractivity contribution >= 4 is 5.70 Å². The Morgan fingerprint density at radius 2 is 1.60 bits per heavy atom. The van der Waals surface area contributed by atoms with Gasteiger partial charge in [0.2, 0.25) is 0 Å². The topological polar surface area (TPSA) is 24.9 Å². The fraction of sp³-hybridized carbons (Fsp3) is 0.174. The molecule has 2 heteroatoms. The molecule has 0 atom stereocenters. The Bertz CT molecular complexity index is 862. The molecule has 25 heavy (non-hydrogen) atoms. The maximum absolute atomic E-state index is 4.48. The number of aryl methyl sites for hydroxylation is 1. The van der Waals surface area contributed by atoms with E-state index in [9.17, 15) is 0 Å². The molecule has 0 radical (unpaired) electrons. The van der Waals surface area contributed by atoms with Crippen molar-refractivity contribution in [1.82, 2.24) is 10.3 Å². The lowest BCUT2D eigenvalue weighted by Gasteiger charge is -2.29. The minimum atomic E-state index is -0.186. The van der Waals surface area contributed by atoms with Crippen molar-refractivity contribution in [2.75, 3.05) is 0 Å². The van der Waals surface area contributed by atoms with Gasteiger partial charge in [0.05, 0.1) is 11.2 Å². The average Bonchev–Trinajstić information content (AvgIpc) is 2.63. The smallest absolute Gasteiger partial charge is 0.0731 e. The van der Waals surface area contributed by atoms with Crippen molar-refractivity contribution in [2.24, 2.45) is 0 Å². The predicted molar refractivity (Wildman–Crippen MR) is 106 cm³/mol. The molecule has 0 aliphatic rings. The maximum atomic E-state index is 4.48. The van der Waals surface area contributed by atoms with Gasteiger partial charge in [-0.1, -0.05) is 67.2 Å². The van der Waals surface area contributed by atoms with E-state index in [0.717, 1.165) is 22.5 Å². The first-order valence-electron chi connectivity index (χ1n) is 8.52. The second-order valence-electron chi connectivity index (χ2n) is 6.84. The third-order valence-corrected chi connectivity index (χ3v) is 4.48. The molecule has 3 aromatic rings. The van der Waals surface area contributed by atoms with E-state index in [1.54, 1.807) is 0 Å². The number of aromatic nitrogens is 1. The van der Waals surface area contributed by atoms with Crippen LogP contribution < -0.4 is 5.32 Å². The van der Waals surface area contributed by atoms with Crippen LogP contribution in [-0.4, -0.2) is 4.98 Å². The normalized spacial score (nSPS) is 11.2. The van der Waals surface area contributed by atoms with Crippen molar-refractivity contribution < 1.29 is 0 Å². The molecule has 0 aliphatic heterocycles. The Labute approximate surface area is 150 Å². The molecule has 1 heterocycles. The number of hydrogen-bond donors (Lipinski definition) is 1. The van der Waals surface area contributed by atoms with Gasteiger partial charge in [-0.25, -0.2) is 0 Å². The summed E-state index contributed by atoms with van der Waals surface area (Å²) in [4.78, 5) is 4.48. The van der Waals surface area contributed by atoms with Gasteiger partial charge in [-0.3, -0.25) is 4.98 Å². The lowest BCUT2D eigenvalue weighted by atomic mass is 9.93. The Morgan fingerprint density at radius 1 is 0.920 bits per heavy atom. The molecular weight excluding hydrogens is 304 g/mol. The van der Waals surface area contributed by atoms with E-state index >= 15 is 0 Å². The van der Waals surface area contributed by atoms with Gasteiger partial charge in [-0.2, -0.15) is 0 Å². The zero-order chi connectivity index (χ0) is 17.9. The third-order valence-electron chi connectivity index (χ3n) is 4.48. The average molecular weight is 328 g/mol. The van der Waals surface area contributed by atoms with Gasteiger partial charge < -0.3 is 5.32 Å². The molecule has 0 amide bonds. The summed E-state index contributed by atoms with van der Waals surface area (Å²) in [7, 11) is 0. The molecule has 0 fully saturated rings. The molecule has 126 valence electrons. The minimum Gasteiger partial charge on any atom is -0.376 e. The summed E-state index contributed by atoms with van der Waals surface area (Å²) in [5.41, 5.74) is 6.37. The van der Waals surface area contributed by atoms with Gasteiger partial charge in [0.15, 0.2) is 0 Å². The first-order valence-corrected chi connectivity index (χ1v) is 8.52. The van der Waals surface area contributed by atoms with Crippen molar-refractivity contribution in [2.45, 2.75) is 26.3 Å². The van der Waals surface area contributed by atoms with Crippen LogP contribution in [0.1, 0.15) is 30.5 Å². The first kappa shape index (κ1) is 17.0. The molecule has 1 N–H and O–H groups in total. The zero-order valence-corrected chi connectivity index (χ0v) is 15.1. The molecule has 3 rings (SSSR count). The summed E-state index contributed by atoms with van der Waals surface area (Å²) in [5, 5.41) is 3.55. The van der Waals surface area contributed by atoms with Crippen LogP contribution in [0.5, 0.6) is 0 Å². The molecule has 0 unspecified atom stereocenters. The van der Waals surface area contributed by atoms with Crippen molar-refractivity contribution in [3.05, 3.63) is 96.2 Å². The standard InChI is InChI=1S/C23H24N2/c1-17-9-8-16-24-22(17)20-14-12-19(13-15-20)18(2)25-23(3,4)21-10-6-5-7-11-21/h5-16,25H,2H2,1,3-4H3. The summed E-state index contributed by atoms with van der Waals surface area (Å²) in [6.45, 7) is 10.6. The predicted octanol–water partition coefficient (Wildman–Crippen LogP) is 5.55. The minimum absolute atomic E-state index is 0.186. The van der Waals surface area contributed by atoms with Crippen LogP contribution in [0.2, 0.25) is 0 Å². The lowest BCUT2D eigenvalue weighted by molar-refractivity contribution is 0.476. The number of nitrogens with one attached hydrogen (secondary N) is 1. The van der Waals surface area contributed by atoms with Crippen LogP contribution in [0, 0.1) is 6.92 Å². The van der Waals surface area contributed by atoms with Crippen LogP contribution in [0.3, 0.4) is 0 Å². The van der Waals surface area contributed by atoms with E-state index in [-0.39, 0.29) is 5.54 Å². The number of hydrogen-bond acceptors (Lipinski definition) is 2. The number of rotatable bonds is 5. The zero-order valence-electron chi connectivity index (χ0n) is 15.1.